The summed E-state index contributed by atoms with van der Waals surface area (Å²) in [6.45, 7) is 8.81. The molecule has 10 heteroatoms. The molecule has 1 aliphatic carbocycles. The van der Waals surface area contributed by atoms with Crippen LogP contribution in [0.4, 0.5) is 11.4 Å². The average Bonchev–Trinajstić information content (AvgIpc) is 3.64. The zero-order valence-corrected chi connectivity index (χ0v) is 22.4. The number of nitrogens with one attached hydrogen (secondary N) is 2. The quantitative estimate of drug-likeness (QED) is 0.411. The van der Waals surface area contributed by atoms with E-state index < -0.39 is 5.41 Å². The third-order valence-electron chi connectivity index (χ3n) is 5.99. The Morgan fingerprint density at radius 1 is 1.21 bits per heavy atom. The number of hydrogen-bond donors (Lipinski definition) is 2. The van der Waals surface area contributed by atoms with Crippen LogP contribution in [0, 0.1) is 11.3 Å². The number of rotatable bonds is 6. The minimum absolute atomic E-state index is 0.167. The van der Waals surface area contributed by atoms with Gasteiger partial charge in [0.25, 0.3) is 5.91 Å². The third-order valence-corrected chi connectivity index (χ3v) is 6.90. The van der Waals surface area contributed by atoms with Crippen LogP contribution < -0.4 is 15.5 Å². The molecule has 0 bridgehead atoms. The number of nitriles is 1. The van der Waals surface area contributed by atoms with Crippen LogP contribution in [0.25, 0.3) is 0 Å². The number of hydrogen-bond acceptors (Lipinski definition) is 6. The van der Waals surface area contributed by atoms with E-state index in [1.165, 1.54) is 18.7 Å². The Kier molecular flexibility index (Phi) is 8.08. The summed E-state index contributed by atoms with van der Waals surface area (Å²) in [5, 5.41) is 15.7. The van der Waals surface area contributed by atoms with Crippen molar-refractivity contribution in [3.63, 3.8) is 0 Å². The highest BCUT2D eigenvalue weighted by Crippen LogP contribution is 2.34. The van der Waals surface area contributed by atoms with Gasteiger partial charge < -0.3 is 15.5 Å². The van der Waals surface area contributed by atoms with Gasteiger partial charge in [0.1, 0.15) is 0 Å². The van der Waals surface area contributed by atoms with Crippen molar-refractivity contribution in [2.45, 2.75) is 45.1 Å². The van der Waals surface area contributed by atoms with Crippen molar-refractivity contribution in [3.8, 4) is 6.07 Å². The molecule has 38 heavy (non-hydrogen) atoms. The molecular formula is C28H29N7O2S. The number of carbonyl (C=O) groups excluding carboxylic acids is 2. The minimum Gasteiger partial charge on any atom is -0.322 e. The van der Waals surface area contributed by atoms with Gasteiger partial charge in [0, 0.05) is 35.7 Å². The Bertz CT molecular complexity index is 1400. The van der Waals surface area contributed by atoms with Gasteiger partial charge >= 0.3 is 0 Å². The summed E-state index contributed by atoms with van der Waals surface area (Å²) in [4.78, 5) is 39.4. The normalized spacial score (nSPS) is 16.4. The first-order valence-corrected chi connectivity index (χ1v) is 13.1. The molecule has 0 spiro atoms. The first kappa shape index (κ1) is 26.8. The number of nitrogens with zero attached hydrogens (tertiary/aromatic N) is 5. The number of amidine groups is 1. The Morgan fingerprint density at radius 2 is 1.97 bits per heavy atom. The molecule has 1 saturated carbocycles. The lowest BCUT2D eigenvalue weighted by atomic mass is 9.85. The van der Waals surface area contributed by atoms with Crippen molar-refractivity contribution in [2.75, 3.05) is 16.0 Å². The molecule has 0 aromatic heterocycles. The van der Waals surface area contributed by atoms with E-state index in [0.717, 1.165) is 29.8 Å². The summed E-state index contributed by atoms with van der Waals surface area (Å²) >= 11 is 1.44. The predicted molar refractivity (Wildman–Crippen MR) is 154 cm³/mol. The second-order valence-electron chi connectivity index (χ2n) is 9.52. The zero-order chi connectivity index (χ0) is 27.3. The molecule has 1 aliphatic heterocycles. The Hall–Kier alpha value is -4.23. The fourth-order valence-corrected chi connectivity index (χ4v) is 4.62. The molecule has 9 nitrogen and oxygen atoms in total. The van der Waals surface area contributed by atoms with Gasteiger partial charge in [-0.1, -0.05) is 30.0 Å². The second-order valence-corrected chi connectivity index (χ2v) is 10.5. The van der Waals surface area contributed by atoms with E-state index in [1.807, 2.05) is 49.1 Å². The molecule has 1 heterocycles. The second kappa shape index (κ2) is 11.4. The van der Waals surface area contributed by atoms with Crippen LogP contribution in [-0.4, -0.2) is 41.5 Å². The van der Waals surface area contributed by atoms with Gasteiger partial charge in [-0.3, -0.25) is 9.59 Å². The molecule has 0 unspecified atom stereocenters. The standard InChI is InChI=1S/C28H29N7O2S/c1-18(36)32-27-34-22(16-38-27)15-31-26(30-4)35(23-11-12-23)24-10-6-9-21(14-24)33-25(37)19-7-5-8-20(13-19)28(2,3)17-29/h5-10,13-15,23H,4,11-12,16H2,1-3H3,(H,33,37)(H,32,34,36)/b22-15+,31-26?. The van der Waals surface area contributed by atoms with Crippen molar-refractivity contribution in [3.05, 3.63) is 71.6 Å². The lowest BCUT2D eigenvalue weighted by Gasteiger charge is -2.23. The molecular weight excluding hydrogens is 498 g/mol. The van der Waals surface area contributed by atoms with Gasteiger partial charge in [-0.25, -0.2) is 15.0 Å². The first-order chi connectivity index (χ1) is 18.2. The SMILES string of the molecule is C=NC(=N/C=C1\CSC(NC(C)=O)=N1)N(c1cccc(NC(=O)c2cccc(C(C)(C)C#N)c2)c1)C1CC1. The molecule has 0 saturated heterocycles. The van der Waals surface area contributed by atoms with Crippen LogP contribution >= 0.6 is 11.8 Å². The molecule has 4 rings (SSSR count). The number of thioether (sulfide) groups is 1. The van der Waals surface area contributed by atoms with Gasteiger partial charge in [-0.05, 0) is 69.3 Å². The van der Waals surface area contributed by atoms with E-state index in [-0.39, 0.29) is 17.9 Å². The van der Waals surface area contributed by atoms with Crippen molar-refractivity contribution >= 4 is 52.8 Å². The van der Waals surface area contributed by atoms with Crippen molar-refractivity contribution in [1.82, 2.24) is 5.32 Å². The van der Waals surface area contributed by atoms with E-state index in [9.17, 15) is 14.9 Å². The first-order valence-electron chi connectivity index (χ1n) is 12.2. The Labute approximate surface area is 226 Å². The molecule has 0 radical (unpaired) electrons. The van der Waals surface area contributed by atoms with Crippen molar-refractivity contribution < 1.29 is 9.59 Å². The third kappa shape index (κ3) is 6.55. The van der Waals surface area contributed by atoms with Crippen LogP contribution in [0.3, 0.4) is 0 Å². The Morgan fingerprint density at radius 3 is 2.66 bits per heavy atom. The highest BCUT2D eigenvalue weighted by atomic mass is 32.2. The number of guanidine groups is 1. The summed E-state index contributed by atoms with van der Waals surface area (Å²) in [5.74, 6) is 0.604. The molecule has 2 N–H and O–H groups in total. The zero-order valence-electron chi connectivity index (χ0n) is 21.6. The number of benzene rings is 2. The van der Waals surface area contributed by atoms with E-state index in [1.54, 1.807) is 24.4 Å². The van der Waals surface area contributed by atoms with Gasteiger partial charge in [-0.15, -0.1) is 0 Å². The van der Waals surface area contributed by atoms with Crippen molar-refractivity contribution in [2.24, 2.45) is 15.0 Å². The summed E-state index contributed by atoms with van der Waals surface area (Å²) in [7, 11) is 0. The smallest absolute Gasteiger partial charge is 0.255 e. The number of anilines is 2. The highest BCUT2D eigenvalue weighted by molar-refractivity contribution is 8.14. The fraction of sp³-hybridized carbons (Fsp3) is 0.286. The largest absolute Gasteiger partial charge is 0.322 e. The molecule has 1 fully saturated rings. The van der Waals surface area contributed by atoms with Crippen LogP contribution in [0.1, 0.15) is 49.5 Å². The van der Waals surface area contributed by atoms with E-state index in [4.69, 9.17) is 0 Å². The maximum absolute atomic E-state index is 13.0. The maximum atomic E-state index is 13.0. The summed E-state index contributed by atoms with van der Waals surface area (Å²) in [6.07, 6.45) is 3.62. The Balaban J connectivity index is 1.55. The lowest BCUT2D eigenvalue weighted by Crippen LogP contribution is -2.31. The van der Waals surface area contributed by atoms with Gasteiger partial charge in [0.15, 0.2) is 5.17 Å². The molecule has 0 atom stereocenters. The summed E-state index contributed by atoms with van der Waals surface area (Å²) < 4.78 is 0. The minimum atomic E-state index is -0.697. The van der Waals surface area contributed by atoms with Gasteiger partial charge in [0.2, 0.25) is 11.9 Å². The van der Waals surface area contributed by atoms with E-state index in [0.29, 0.717) is 28.1 Å². The van der Waals surface area contributed by atoms with Crippen LogP contribution in [0.5, 0.6) is 0 Å². The van der Waals surface area contributed by atoms with Crippen LogP contribution in [0.15, 0.2) is 75.4 Å². The van der Waals surface area contributed by atoms with Gasteiger partial charge in [0.05, 0.1) is 23.4 Å². The highest BCUT2D eigenvalue weighted by Gasteiger charge is 2.32. The number of carbonyl (C=O) groups is 2. The van der Waals surface area contributed by atoms with E-state index >= 15 is 0 Å². The number of amides is 2. The topological polar surface area (TPSA) is 122 Å². The molecule has 2 aliphatic rings. The summed E-state index contributed by atoms with van der Waals surface area (Å²) in [5.41, 5.74) is 2.74. The van der Waals surface area contributed by atoms with Crippen molar-refractivity contribution in [1.29, 1.82) is 5.26 Å². The van der Waals surface area contributed by atoms with Crippen LogP contribution in [-0.2, 0) is 10.2 Å². The maximum Gasteiger partial charge on any atom is 0.255 e. The number of aliphatic imine (C=N–C) groups is 3. The fourth-order valence-electron chi connectivity index (χ4n) is 3.80. The average molecular weight is 528 g/mol. The molecule has 2 aromatic rings. The van der Waals surface area contributed by atoms with Gasteiger partial charge in [-0.2, -0.15) is 5.26 Å². The van der Waals surface area contributed by atoms with E-state index in [2.05, 4.69) is 38.4 Å². The molecule has 2 amide bonds. The lowest BCUT2D eigenvalue weighted by molar-refractivity contribution is -0.117. The molecule has 2 aromatic carbocycles. The van der Waals surface area contributed by atoms with Crippen LogP contribution in [0.2, 0.25) is 0 Å². The monoisotopic (exact) mass is 527 g/mol. The predicted octanol–water partition coefficient (Wildman–Crippen LogP) is 4.85. The molecule has 194 valence electrons. The summed E-state index contributed by atoms with van der Waals surface area (Å²) in [6, 6.07) is 17.1.